The molecular formula is C26H44O5. The van der Waals surface area contributed by atoms with Crippen LogP contribution < -0.4 is 0 Å². The first-order chi connectivity index (χ1) is 14.5. The van der Waals surface area contributed by atoms with Crippen molar-refractivity contribution in [1.29, 1.82) is 0 Å². The van der Waals surface area contributed by atoms with Gasteiger partial charge in [0.05, 0.1) is 18.3 Å². The lowest BCUT2D eigenvalue weighted by Crippen LogP contribution is -2.65. The first kappa shape index (κ1) is 23.5. The van der Waals surface area contributed by atoms with Gasteiger partial charge in [-0.1, -0.05) is 34.1 Å². The average molecular weight is 437 g/mol. The Morgan fingerprint density at radius 3 is 2.42 bits per heavy atom. The van der Waals surface area contributed by atoms with E-state index in [1.165, 1.54) is 0 Å². The van der Waals surface area contributed by atoms with Crippen LogP contribution >= 0.6 is 0 Å². The van der Waals surface area contributed by atoms with Crippen molar-refractivity contribution in [3.05, 3.63) is 0 Å². The number of hydrogen-bond donors (Lipinski definition) is 4. The Hall–Kier alpha value is -0.650. The molecule has 0 spiro atoms. The summed E-state index contributed by atoms with van der Waals surface area (Å²) in [5.41, 5.74) is -0.0767. The number of aliphatic hydroxyl groups excluding tert-OH is 3. The average Bonchev–Trinajstić information content (AvgIpc) is 3.04. The Bertz CT molecular complexity index is 681. The van der Waals surface area contributed by atoms with Crippen LogP contribution in [0, 0.1) is 52.3 Å². The van der Waals surface area contributed by atoms with Crippen molar-refractivity contribution in [3.8, 4) is 0 Å². The highest BCUT2D eigenvalue weighted by molar-refractivity contribution is 5.66. The summed E-state index contributed by atoms with van der Waals surface area (Å²) in [6.07, 6.45) is 6.04. The Morgan fingerprint density at radius 1 is 1.06 bits per heavy atom. The molecule has 4 unspecified atom stereocenters. The summed E-state index contributed by atoms with van der Waals surface area (Å²) < 4.78 is 0. The van der Waals surface area contributed by atoms with E-state index in [0.717, 1.165) is 44.9 Å². The zero-order valence-electron chi connectivity index (χ0n) is 19.8. The van der Waals surface area contributed by atoms with Gasteiger partial charge in [0.1, 0.15) is 0 Å². The van der Waals surface area contributed by atoms with E-state index in [2.05, 4.69) is 27.7 Å². The first-order valence-electron chi connectivity index (χ1n) is 12.8. The van der Waals surface area contributed by atoms with Crippen LogP contribution in [0.1, 0.15) is 85.5 Å². The highest BCUT2D eigenvalue weighted by Crippen LogP contribution is 2.69. The highest BCUT2D eigenvalue weighted by Gasteiger charge is 2.67. The number of aliphatic carboxylic acids is 1. The van der Waals surface area contributed by atoms with Crippen LogP contribution in [-0.2, 0) is 4.79 Å². The van der Waals surface area contributed by atoms with Crippen molar-refractivity contribution in [2.24, 2.45) is 52.3 Å². The molecule has 0 radical (unpaired) electrons. The van der Waals surface area contributed by atoms with Gasteiger partial charge in [-0.05, 0) is 97.2 Å². The minimum Gasteiger partial charge on any atom is -0.481 e. The van der Waals surface area contributed by atoms with Gasteiger partial charge in [-0.2, -0.15) is 0 Å². The van der Waals surface area contributed by atoms with Gasteiger partial charge >= 0.3 is 5.97 Å². The SMILES string of the molecule is CC[C@H]1[C@@H](O)C2C3CCC([C@H](C)CCC(=O)O)[C@@]3(C)C[C@H](O)C2[C@@]2(C)CC[C@@H](O)C[C@@H]12. The fraction of sp³-hybridized carbons (Fsp3) is 0.962. The molecule has 0 aromatic carbocycles. The molecule has 178 valence electrons. The molecule has 4 fully saturated rings. The molecule has 31 heavy (non-hydrogen) atoms. The third kappa shape index (κ3) is 3.58. The molecule has 0 saturated heterocycles. The summed E-state index contributed by atoms with van der Waals surface area (Å²) in [5.74, 6) is 1.00. The van der Waals surface area contributed by atoms with Crippen LogP contribution in [0.3, 0.4) is 0 Å². The van der Waals surface area contributed by atoms with Gasteiger partial charge in [-0.25, -0.2) is 0 Å². The number of carboxylic acid groups (broad SMARTS) is 1. The Kier molecular flexibility index (Phi) is 6.28. The van der Waals surface area contributed by atoms with Gasteiger partial charge in [0.15, 0.2) is 0 Å². The third-order valence-electron chi connectivity index (χ3n) is 10.9. The zero-order valence-corrected chi connectivity index (χ0v) is 19.8. The van der Waals surface area contributed by atoms with Crippen LogP contribution in [0.5, 0.6) is 0 Å². The van der Waals surface area contributed by atoms with Crippen LogP contribution in [0.25, 0.3) is 0 Å². The van der Waals surface area contributed by atoms with Gasteiger partial charge < -0.3 is 20.4 Å². The minimum atomic E-state index is -0.734. The van der Waals surface area contributed by atoms with Crippen LogP contribution in [0.2, 0.25) is 0 Å². The van der Waals surface area contributed by atoms with E-state index in [0.29, 0.717) is 24.2 Å². The predicted molar refractivity (Wildman–Crippen MR) is 119 cm³/mol. The van der Waals surface area contributed by atoms with Gasteiger partial charge in [0.25, 0.3) is 0 Å². The van der Waals surface area contributed by atoms with Crippen molar-refractivity contribution in [2.45, 2.75) is 104 Å². The molecule has 4 aliphatic carbocycles. The van der Waals surface area contributed by atoms with Crippen LogP contribution in [-0.4, -0.2) is 44.7 Å². The van der Waals surface area contributed by atoms with Crippen molar-refractivity contribution >= 4 is 5.97 Å². The molecule has 4 saturated carbocycles. The molecule has 0 aromatic heterocycles. The monoisotopic (exact) mass is 436 g/mol. The molecule has 4 aliphatic rings. The maximum Gasteiger partial charge on any atom is 0.303 e. The number of aliphatic hydroxyl groups is 3. The lowest BCUT2D eigenvalue weighted by Gasteiger charge is -2.66. The van der Waals surface area contributed by atoms with Gasteiger partial charge in [-0.3, -0.25) is 4.79 Å². The molecule has 0 aliphatic heterocycles. The Morgan fingerprint density at radius 2 is 1.77 bits per heavy atom. The molecule has 5 nitrogen and oxygen atoms in total. The second kappa shape index (κ2) is 8.29. The van der Waals surface area contributed by atoms with E-state index in [-0.39, 0.29) is 47.0 Å². The van der Waals surface area contributed by atoms with E-state index in [9.17, 15) is 20.1 Å². The first-order valence-corrected chi connectivity index (χ1v) is 12.8. The van der Waals surface area contributed by atoms with Gasteiger partial charge in [0, 0.05) is 6.42 Å². The van der Waals surface area contributed by atoms with Crippen LogP contribution in [0.4, 0.5) is 0 Å². The fourth-order valence-electron chi connectivity index (χ4n) is 9.60. The molecule has 5 heteroatoms. The van der Waals surface area contributed by atoms with E-state index in [1.54, 1.807) is 0 Å². The molecule has 0 bridgehead atoms. The predicted octanol–water partition coefficient (Wildman–Crippen LogP) is 4.08. The Balaban J connectivity index is 1.66. The molecule has 0 aromatic rings. The highest BCUT2D eigenvalue weighted by atomic mass is 16.4. The van der Waals surface area contributed by atoms with E-state index in [1.807, 2.05) is 0 Å². The van der Waals surface area contributed by atoms with E-state index < -0.39 is 18.2 Å². The maximum absolute atomic E-state index is 11.7. The normalized spacial score (nSPS) is 52.7. The summed E-state index contributed by atoms with van der Waals surface area (Å²) >= 11 is 0. The topological polar surface area (TPSA) is 98.0 Å². The second-order valence-electron chi connectivity index (χ2n) is 12.2. The number of hydrogen-bond acceptors (Lipinski definition) is 4. The quantitative estimate of drug-likeness (QED) is 0.520. The zero-order chi connectivity index (χ0) is 22.7. The third-order valence-corrected chi connectivity index (χ3v) is 10.9. The lowest BCUT2D eigenvalue weighted by atomic mass is 9.40. The van der Waals surface area contributed by atoms with Crippen molar-refractivity contribution < 1.29 is 25.2 Å². The standard InChI is InChI=1S/C26H44O5/c1-5-16-19-12-15(27)10-11-25(19,3)23-20(28)13-26(4)17(14(2)6-9-21(29)30)7-8-18(26)22(23)24(16)31/h14-20,22-24,27-28,31H,5-13H2,1-4H3,(H,29,30)/t14-,15-,16-,17?,18?,19+,20+,22?,23?,24-,25+,26-/m1/s1. The summed E-state index contributed by atoms with van der Waals surface area (Å²) in [7, 11) is 0. The second-order valence-corrected chi connectivity index (χ2v) is 12.2. The van der Waals surface area contributed by atoms with Crippen molar-refractivity contribution in [2.75, 3.05) is 0 Å². The summed E-state index contributed by atoms with van der Waals surface area (Å²) in [4.78, 5) is 11.1. The van der Waals surface area contributed by atoms with E-state index >= 15 is 0 Å². The molecule has 0 heterocycles. The summed E-state index contributed by atoms with van der Waals surface area (Å²) in [6.45, 7) is 9.01. The van der Waals surface area contributed by atoms with Gasteiger partial charge in [0.2, 0.25) is 0 Å². The fourth-order valence-corrected chi connectivity index (χ4v) is 9.60. The maximum atomic E-state index is 11.7. The largest absolute Gasteiger partial charge is 0.481 e. The lowest BCUT2D eigenvalue weighted by molar-refractivity contribution is -0.235. The molecule has 12 atom stereocenters. The smallest absolute Gasteiger partial charge is 0.303 e. The van der Waals surface area contributed by atoms with Crippen molar-refractivity contribution in [1.82, 2.24) is 0 Å². The summed E-state index contributed by atoms with van der Waals surface area (Å²) in [5, 5.41) is 42.9. The minimum absolute atomic E-state index is 0.0302. The molecule has 4 rings (SSSR count). The molecule has 0 amide bonds. The Labute approximate surface area is 187 Å². The number of fused-ring (bicyclic) bond motifs is 5. The molecular weight excluding hydrogens is 392 g/mol. The van der Waals surface area contributed by atoms with Crippen molar-refractivity contribution in [3.63, 3.8) is 0 Å². The number of carboxylic acids is 1. The number of carbonyl (C=O) groups is 1. The summed E-state index contributed by atoms with van der Waals surface area (Å²) in [6, 6.07) is 0. The number of rotatable bonds is 5. The molecule has 4 N–H and O–H groups in total. The van der Waals surface area contributed by atoms with E-state index in [4.69, 9.17) is 5.11 Å². The van der Waals surface area contributed by atoms with Crippen LogP contribution in [0.15, 0.2) is 0 Å². The van der Waals surface area contributed by atoms with Gasteiger partial charge in [-0.15, -0.1) is 0 Å².